The third kappa shape index (κ3) is 4.04. The number of tetrazole rings is 1. The topological polar surface area (TPSA) is 46.8 Å². The Morgan fingerprint density at radius 1 is 1.24 bits per heavy atom. The van der Waals surface area contributed by atoms with Gasteiger partial charge >= 0.3 is 0 Å². The van der Waals surface area contributed by atoms with Gasteiger partial charge in [-0.25, -0.2) is 8.78 Å². The number of benzene rings is 1. The zero-order valence-electron chi connectivity index (χ0n) is 12.4. The summed E-state index contributed by atoms with van der Waals surface area (Å²) >= 11 is 0. The summed E-state index contributed by atoms with van der Waals surface area (Å²) in [5.41, 5.74) is 0.895. The van der Waals surface area contributed by atoms with Gasteiger partial charge in [-0.3, -0.25) is 0 Å². The molecule has 0 bridgehead atoms. The third-order valence-corrected chi connectivity index (χ3v) is 3.30. The van der Waals surface area contributed by atoms with Crippen molar-refractivity contribution in [1.29, 1.82) is 0 Å². The number of hydrogen-bond acceptors (Lipinski definition) is 4. The first kappa shape index (κ1) is 15.5. The molecule has 0 radical (unpaired) electrons. The highest BCUT2D eigenvalue weighted by molar-refractivity contribution is 5.27. The molecule has 0 aliphatic carbocycles. The average molecular weight is 295 g/mol. The number of nitrogens with zero attached hydrogens (tertiary/aromatic N) is 5. The van der Waals surface area contributed by atoms with Crippen LogP contribution in [0.5, 0.6) is 0 Å². The Morgan fingerprint density at radius 3 is 2.38 bits per heavy atom. The van der Waals surface area contributed by atoms with Gasteiger partial charge in [0.25, 0.3) is 5.92 Å². The molecule has 0 aliphatic rings. The molecular weight excluding hydrogens is 276 g/mol. The number of rotatable bonds is 6. The van der Waals surface area contributed by atoms with Gasteiger partial charge in [0.1, 0.15) is 0 Å². The van der Waals surface area contributed by atoms with Crippen molar-refractivity contribution in [3.05, 3.63) is 41.7 Å². The van der Waals surface area contributed by atoms with E-state index >= 15 is 0 Å². The van der Waals surface area contributed by atoms with Gasteiger partial charge in [0, 0.05) is 12.5 Å². The molecule has 0 fully saturated rings. The highest BCUT2D eigenvalue weighted by Crippen LogP contribution is 2.29. The predicted octanol–water partition coefficient (Wildman–Crippen LogP) is 2.33. The molecule has 0 spiro atoms. The van der Waals surface area contributed by atoms with Crippen LogP contribution in [0.4, 0.5) is 8.78 Å². The first-order valence-electron chi connectivity index (χ1n) is 6.73. The van der Waals surface area contributed by atoms with Crippen molar-refractivity contribution in [1.82, 2.24) is 25.1 Å². The highest BCUT2D eigenvalue weighted by atomic mass is 19.3. The normalized spacial score (nSPS) is 13.6. The second-order valence-corrected chi connectivity index (χ2v) is 5.37. The van der Waals surface area contributed by atoms with E-state index < -0.39 is 5.92 Å². The Hall–Kier alpha value is -1.89. The van der Waals surface area contributed by atoms with Crippen LogP contribution < -0.4 is 0 Å². The summed E-state index contributed by atoms with van der Waals surface area (Å²) in [4.78, 5) is 3.57. The number of alkyl halides is 2. The fourth-order valence-electron chi connectivity index (χ4n) is 2.11. The van der Waals surface area contributed by atoms with Crippen LogP contribution in [0.15, 0.2) is 30.6 Å². The predicted molar refractivity (Wildman–Crippen MR) is 75.1 cm³/mol. The van der Waals surface area contributed by atoms with E-state index in [0.717, 1.165) is 25.5 Å². The fraction of sp³-hybridized carbons (Fsp3) is 0.500. The maximum atomic E-state index is 13.3. The Kier molecular flexibility index (Phi) is 4.62. The quantitative estimate of drug-likeness (QED) is 0.820. The van der Waals surface area contributed by atoms with Crippen LogP contribution in [0, 0.1) is 0 Å². The molecule has 0 aliphatic heterocycles. The SMILES string of the molecule is CN(C)CCC(c1ccc(C(C)(F)F)cc1)n1ncnn1. The zero-order chi connectivity index (χ0) is 15.5. The minimum absolute atomic E-state index is 0.00385. The smallest absolute Gasteiger partial charge is 0.270 e. The summed E-state index contributed by atoms with van der Waals surface area (Å²) in [5.74, 6) is -2.83. The van der Waals surface area contributed by atoms with Gasteiger partial charge in [-0.1, -0.05) is 24.3 Å². The number of aromatic nitrogens is 4. The standard InChI is InChI=1S/C14H19F2N5/c1-14(15,16)12-6-4-11(5-7-12)13(8-9-20(2)3)21-18-10-17-19-21/h4-7,10,13H,8-9H2,1-3H3. The molecule has 1 heterocycles. The van der Waals surface area contributed by atoms with Gasteiger partial charge in [-0.2, -0.15) is 4.80 Å². The van der Waals surface area contributed by atoms with E-state index in [2.05, 4.69) is 20.3 Å². The molecule has 1 aromatic carbocycles. The molecule has 0 saturated heterocycles. The molecular formula is C14H19F2N5. The van der Waals surface area contributed by atoms with Crippen molar-refractivity contribution in [3.63, 3.8) is 0 Å². The summed E-state index contributed by atoms with van der Waals surface area (Å²) in [6.45, 7) is 1.72. The van der Waals surface area contributed by atoms with Gasteiger partial charge in [-0.15, -0.1) is 10.2 Å². The van der Waals surface area contributed by atoms with Gasteiger partial charge in [0.2, 0.25) is 0 Å². The summed E-state index contributed by atoms with van der Waals surface area (Å²) in [5, 5.41) is 11.7. The molecule has 1 unspecified atom stereocenters. The summed E-state index contributed by atoms with van der Waals surface area (Å²) in [6, 6.07) is 6.20. The molecule has 0 amide bonds. The minimum atomic E-state index is -2.83. The van der Waals surface area contributed by atoms with Crippen LogP contribution in [0.2, 0.25) is 0 Å². The second kappa shape index (κ2) is 6.26. The molecule has 21 heavy (non-hydrogen) atoms. The van der Waals surface area contributed by atoms with E-state index in [1.807, 2.05) is 14.1 Å². The van der Waals surface area contributed by atoms with Crippen LogP contribution >= 0.6 is 0 Å². The molecule has 114 valence electrons. The Labute approximate surface area is 122 Å². The first-order chi connectivity index (χ1) is 9.88. The van der Waals surface area contributed by atoms with Crippen molar-refractivity contribution in [2.24, 2.45) is 0 Å². The largest absolute Gasteiger partial charge is 0.309 e. The lowest BCUT2D eigenvalue weighted by atomic mass is 10.0. The summed E-state index contributed by atoms with van der Waals surface area (Å²) in [7, 11) is 3.96. The van der Waals surface area contributed by atoms with E-state index in [9.17, 15) is 8.78 Å². The van der Waals surface area contributed by atoms with Crippen molar-refractivity contribution < 1.29 is 8.78 Å². The summed E-state index contributed by atoms with van der Waals surface area (Å²) < 4.78 is 26.5. The van der Waals surface area contributed by atoms with E-state index in [0.29, 0.717) is 0 Å². The third-order valence-electron chi connectivity index (χ3n) is 3.30. The Balaban J connectivity index is 2.24. The first-order valence-corrected chi connectivity index (χ1v) is 6.73. The maximum Gasteiger partial charge on any atom is 0.270 e. The highest BCUT2D eigenvalue weighted by Gasteiger charge is 2.24. The van der Waals surface area contributed by atoms with Crippen LogP contribution in [-0.2, 0) is 5.92 Å². The Morgan fingerprint density at radius 2 is 1.90 bits per heavy atom. The molecule has 7 heteroatoms. The van der Waals surface area contributed by atoms with Crippen LogP contribution in [0.1, 0.15) is 30.5 Å². The number of hydrogen-bond donors (Lipinski definition) is 0. The minimum Gasteiger partial charge on any atom is -0.309 e. The van der Waals surface area contributed by atoms with Gasteiger partial charge in [0.15, 0.2) is 6.33 Å². The molecule has 0 N–H and O–H groups in total. The van der Waals surface area contributed by atoms with Crippen molar-refractivity contribution >= 4 is 0 Å². The molecule has 2 aromatic rings. The Bertz CT molecular complexity index is 546. The number of halogens is 2. The second-order valence-electron chi connectivity index (χ2n) is 5.37. The van der Waals surface area contributed by atoms with Crippen LogP contribution in [0.3, 0.4) is 0 Å². The van der Waals surface area contributed by atoms with Gasteiger partial charge in [0.05, 0.1) is 6.04 Å². The van der Waals surface area contributed by atoms with Crippen LogP contribution in [-0.4, -0.2) is 45.7 Å². The fourth-order valence-corrected chi connectivity index (χ4v) is 2.11. The molecule has 1 atom stereocenters. The molecule has 5 nitrogen and oxygen atoms in total. The lowest BCUT2D eigenvalue weighted by molar-refractivity contribution is 0.0174. The zero-order valence-corrected chi connectivity index (χ0v) is 12.4. The van der Waals surface area contributed by atoms with Gasteiger partial charge < -0.3 is 4.90 Å². The van der Waals surface area contributed by atoms with Crippen molar-refractivity contribution in [2.45, 2.75) is 25.3 Å². The van der Waals surface area contributed by atoms with Crippen molar-refractivity contribution in [2.75, 3.05) is 20.6 Å². The lowest BCUT2D eigenvalue weighted by Crippen LogP contribution is -2.21. The maximum absolute atomic E-state index is 13.3. The van der Waals surface area contributed by atoms with E-state index in [1.54, 1.807) is 12.1 Å². The molecule has 2 rings (SSSR count). The monoisotopic (exact) mass is 295 g/mol. The summed E-state index contributed by atoms with van der Waals surface area (Å²) in [6.07, 6.45) is 2.14. The van der Waals surface area contributed by atoms with E-state index in [1.165, 1.54) is 23.3 Å². The van der Waals surface area contributed by atoms with Crippen molar-refractivity contribution in [3.8, 4) is 0 Å². The lowest BCUT2D eigenvalue weighted by Gasteiger charge is -2.19. The van der Waals surface area contributed by atoms with Crippen LogP contribution in [0.25, 0.3) is 0 Å². The molecule has 0 saturated carbocycles. The van der Waals surface area contributed by atoms with E-state index in [4.69, 9.17) is 0 Å². The molecule has 1 aromatic heterocycles. The van der Waals surface area contributed by atoms with E-state index in [-0.39, 0.29) is 11.6 Å². The van der Waals surface area contributed by atoms with Gasteiger partial charge in [-0.05, 0) is 37.8 Å². The average Bonchev–Trinajstić information content (AvgIpc) is 2.92.